The highest BCUT2D eigenvalue weighted by atomic mass is 16.3. The molecule has 1 aliphatic heterocycles. The van der Waals surface area contributed by atoms with Crippen LogP contribution in [0.1, 0.15) is 24.9 Å². The van der Waals surface area contributed by atoms with Crippen molar-refractivity contribution in [3.63, 3.8) is 0 Å². The first-order valence-corrected chi connectivity index (χ1v) is 5.87. The second-order valence-electron chi connectivity index (χ2n) is 4.50. The number of aliphatic hydroxyl groups is 1. The van der Waals surface area contributed by atoms with Gasteiger partial charge in [-0.1, -0.05) is 30.3 Å². The van der Waals surface area contributed by atoms with Crippen LogP contribution in [0.2, 0.25) is 0 Å². The van der Waals surface area contributed by atoms with Gasteiger partial charge < -0.3 is 10.8 Å². The van der Waals surface area contributed by atoms with Gasteiger partial charge in [0.1, 0.15) is 6.04 Å². The second-order valence-corrected chi connectivity index (χ2v) is 4.50. The Morgan fingerprint density at radius 3 is 2.56 bits per heavy atom. The van der Waals surface area contributed by atoms with Crippen LogP contribution >= 0.6 is 0 Å². The van der Waals surface area contributed by atoms with E-state index < -0.39 is 18.1 Å². The van der Waals surface area contributed by atoms with Crippen LogP contribution in [0.25, 0.3) is 0 Å². The number of likely N-dealkylation sites (tertiary alicyclic amines) is 1. The maximum Gasteiger partial charge on any atom is 0.249 e. The summed E-state index contributed by atoms with van der Waals surface area (Å²) in [6, 6.07) is 8.01. The number of rotatable bonds is 3. The minimum absolute atomic E-state index is 0.245. The van der Waals surface area contributed by atoms with Crippen LogP contribution in [0.4, 0.5) is 0 Å². The largest absolute Gasteiger partial charge is 0.391 e. The predicted molar refractivity (Wildman–Crippen MR) is 65.3 cm³/mol. The predicted octanol–water partition coefficient (Wildman–Crippen LogP) is 0.195. The molecular formula is C13H16N2O3. The van der Waals surface area contributed by atoms with Gasteiger partial charge in [-0.3, -0.25) is 14.5 Å². The molecule has 1 saturated heterocycles. The molecule has 18 heavy (non-hydrogen) atoms. The van der Waals surface area contributed by atoms with Crippen LogP contribution in [-0.4, -0.2) is 34.0 Å². The summed E-state index contributed by atoms with van der Waals surface area (Å²) in [6.07, 6.45) is -0.662. The van der Waals surface area contributed by atoms with Gasteiger partial charge >= 0.3 is 0 Å². The van der Waals surface area contributed by atoms with Crippen molar-refractivity contribution in [3.8, 4) is 0 Å². The van der Waals surface area contributed by atoms with E-state index in [4.69, 9.17) is 5.73 Å². The zero-order valence-electron chi connectivity index (χ0n) is 10.1. The van der Waals surface area contributed by atoms with E-state index in [1.807, 2.05) is 30.3 Å². The molecule has 0 aliphatic carbocycles. The SMILES string of the molecule is CC(O)C(N)C(=O)N1C(=O)CC1c1ccccc1. The Hall–Kier alpha value is -1.72. The van der Waals surface area contributed by atoms with Crippen molar-refractivity contribution in [3.05, 3.63) is 35.9 Å². The van der Waals surface area contributed by atoms with Gasteiger partial charge in [-0.15, -0.1) is 0 Å². The summed E-state index contributed by atoms with van der Waals surface area (Å²) in [5.41, 5.74) is 6.49. The maximum absolute atomic E-state index is 12.0. The molecule has 1 aromatic rings. The standard InChI is InChI=1S/C13H16N2O3/c1-8(16)12(14)13(18)15-10(7-11(15)17)9-5-3-2-4-6-9/h2-6,8,10,12,16H,7,14H2,1H3. The normalized spacial score (nSPS) is 22.3. The molecule has 0 aromatic heterocycles. The van der Waals surface area contributed by atoms with Crippen molar-refractivity contribution in [1.82, 2.24) is 4.90 Å². The zero-order chi connectivity index (χ0) is 13.3. The fraction of sp³-hybridized carbons (Fsp3) is 0.385. The Bertz CT molecular complexity index is 459. The van der Waals surface area contributed by atoms with Crippen LogP contribution in [0.5, 0.6) is 0 Å². The summed E-state index contributed by atoms with van der Waals surface area (Å²) in [5.74, 6) is -0.764. The van der Waals surface area contributed by atoms with E-state index in [-0.39, 0.29) is 11.9 Å². The zero-order valence-corrected chi connectivity index (χ0v) is 10.1. The second kappa shape index (κ2) is 4.88. The average molecular weight is 248 g/mol. The molecule has 2 amide bonds. The topological polar surface area (TPSA) is 83.6 Å². The lowest BCUT2D eigenvalue weighted by molar-refractivity contribution is -0.160. The van der Waals surface area contributed by atoms with Gasteiger partial charge in [0.2, 0.25) is 11.8 Å². The molecule has 0 radical (unpaired) electrons. The molecule has 3 N–H and O–H groups in total. The molecule has 0 spiro atoms. The molecule has 1 fully saturated rings. The van der Waals surface area contributed by atoms with Crippen molar-refractivity contribution in [2.45, 2.75) is 31.5 Å². The number of imide groups is 1. The Balaban J connectivity index is 2.17. The first-order valence-electron chi connectivity index (χ1n) is 5.87. The van der Waals surface area contributed by atoms with E-state index in [2.05, 4.69) is 0 Å². The van der Waals surface area contributed by atoms with Gasteiger partial charge in [-0.25, -0.2) is 0 Å². The van der Waals surface area contributed by atoms with Crippen molar-refractivity contribution in [1.29, 1.82) is 0 Å². The van der Waals surface area contributed by atoms with E-state index in [9.17, 15) is 14.7 Å². The lowest BCUT2D eigenvalue weighted by atomic mass is 9.92. The number of hydrogen-bond donors (Lipinski definition) is 2. The van der Waals surface area contributed by atoms with Gasteiger partial charge in [0.15, 0.2) is 0 Å². The summed E-state index contributed by atoms with van der Waals surface area (Å²) in [4.78, 5) is 24.7. The highest BCUT2D eigenvalue weighted by Gasteiger charge is 2.43. The first-order chi connectivity index (χ1) is 8.52. The molecular weight excluding hydrogens is 232 g/mol. The van der Waals surface area contributed by atoms with Crippen LogP contribution in [0, 0.1) is 0 Å². The maximum atomic E-state index is 12.0. The highest BCUT2D eigenvalue weighted by Crippen LogP contribution is 2.34. The van der Waals surface area contributed by atoms with Crippen LogP contribution in [-0.2, 0) is 9.59 Å². The van der Waals surface area contributed by atoms with Crippen molar-refractivity contribution in [2.75, 3.05) is 0 Å². The monoisotopic (exact) mass is 248 g/mol. The van der Waals surface area contributed by atoms with Gasteiger partial charge in [-0.05, 0) is 12.5 Å². The number of nitrogens with two attached hydrogens (primary N) is 1. The fourth-order valence-electron chi connectivity index (χ4n) is 2.00. The third-order valence-corrected chi connectivity index (χ3v) is 3.17. The van der Waals surface area contributed by atoms with E-state index in [1.54, 1.807) is 0 Å². The van der Waals surface area contributed by atoms with Gasteiger partial charge in [0.25, 0.3) is 0 Å². The molecule has 0 bridgehead atoms. The van der Waals surface area contributed by atoms with Crippen LogP contribution in [0.3, 0.4) is 0 Å². The molecule has 1 heterocycles. The minimum atomic E-state index is -1.06. The number of benzene rings is 1. The third kappa shape index (κ3) is 2.14. The minimum Gasteiger partial charge on any atom is -0.391 e. The van der Waals surface area contributed by atoms with Crippen LogP contribution in [0.15, 0.2) is 30.3 Å². The van der Waals surface area contributed by atoms with E-state index >= 15 is 0 Å². The Kier molecular flexibility index (Phi) is 3.45. The summed E-state index contributed by atoms with van der Waals surface area (Å²) in [7, 11) is 0. The average Bonchev–Trinajstić information content (AvgIpc) is 2.35. The molecule has 5 nitrogen and oxygen atoms in total. The molecule has 96 valence electrons. The molecule has 3 atom stereocenters. The molecule has 0 saturated carbocycles. The van der Waals surface area contributed by atoms with Gasteiger partial charge in [0, 0.05) is 0 Å². The number of aliphatic hydroxyl groups excluding tert-OH is 1. The summed E-state index contributed by atoms with van der Waals surface area (Å²) in [6.45, 7) is 1.43. The summed E-state index contributed by atoms with van der Waals surface area (Å²) >= 11 is 0. The number of amides is 2. The molecule has 5 heteroatoms. The van der Waals surface area contributed by atoms with Gasteiger partial charge in [-0.2, -0.15) is 0 Å². The quantitative estimate of drug-likeness (QED) is 0.748. The number of carbonyl (C=O) groups is 2. The van der Waals surface area contributed by atoms with Crippen molar-refractivity contribution in [2.24, 2.45) is 5.73 Å². The Morgan fingerprint density at radius 2 is 2.06 bits per heavy atom. The first kappa shape index (κ1) is 12.7. The Morgan fingerprint density at radius 1 is 1.44 bits per heavy atom. The molecule has 1 aromatic carbocycles. The van der Waals surface area contributed by atoms with E-state index in [1.165, 1.54) is 6.92 Å². The number of carbonyl (C=O) groups excluding carboxylic acids is 2. The number of hydrogen-bond acceptors (Lipinski definition) is 4. The fourth-order valence-corrected chi connectivity index (χ4v) is 2.00. The molecule has 2 rings (SSSR count). The Labute approximate surface area is 105 Å². The van der Waals surface area contributed by atoms with Crippen molar-refractivity contribution >= 4 is 11.8 Å². The summed E-state index contributed by atoms with van der Waals surface area (Å²) in [5, 5.41) is 9.32. The highest BCUT2D eigenvalue weighted by molar-refractivity contribution is 6.02. The van der Waals surface area contributed by atoms with Gasteiger partial charge in [0.05, 0.1) is 18.6 Å². The lowest BCUT2D eigenvalue weighted by Crippen LogP contribution is -2.57. The smallest absolute Gasteiger partial charge is 0.249 e. The molecule has 3 unspecified atom stereocenters. The third-order valence-electron chi connectivity index (χ3n) is 3.17. The van der Waals surface area contributed by atoms with E-state index in [0.717, 1.165) is 10.5 Å². The number of nitrogens with zero attached hydrogens (tertiary/aromatic N) is 1. The number of β-lactam (4-membered cyclic amide) rings is 1. The van der Waals surface area contributed by atoms with E-state index in [0.29, 0.717) is 6.42 Å². The summed E-state index contributed by atoms with van der Waals surface area (Å²) < 4.78 is 0. The van der Waals surface area contributed by atoms with Crippen molar-refractivity contribution < 1.29 is 14.7 Å². The lowest BCUT2D eigenvalue weighted by Gasteiger charge is -2.40. The molecule has 1 aliphatic rings. The van der Waals surface area contributed by atoms with Crippen LogP contribution < -0.4 is 5.73 Å².